The zero-order valence-electron chi connectivity index (χ0n) is 20.5. The topological polar surface area (TPSA) is 69.0 Å². The highest BCUT2D eigenvalue weighted by Crippen LogP contribution is 2.37. The minimum Gasteiger partial charge on any atom is -0.489 e. The number of rotatable bonds is 8. The van der Waals surface area contributed by atoms with Gasteiger partial charge in [-0.05, 0) is 55.3 Å². The highest BCUT2D eigenvalue weighted by molar-refractivity contribution is 7.98. The predicted octanol–water partition coefficient (Wildman–Crippen LogP) is 6.96. The molecule has 0 saturated carbocycles. The molecule has 0 saturated heterocycles. The van der Waals surface area contributed by atoms with Gasteiger partial charge in [0.1, 0.15) is 30.0 Å². The Labute approximate surface area is 227 Å². The van der Waals surface area contributed by atoms with Gasteiger partial charge in [0.2, 0.25) is 11.1 Å². The normalized spacial score (nSPS) is 14.7. The number of anilines is 1. The second kappa shape index (κ2) is 11.0. The van der Waals surface area contributed by atoms with E-state index in [1.165, 1.54) is 30.8 Å². The van der Waals surface area contributed by atoms with Crippen molar-refractivity contribution < 1.29 is 18.3 Å². The molecule has 1 N–H and O–H groups in total. The van der Waals surface area contributed by atoms with Gasteiger partial charge >= 0.3 is 0 Å². The van der Waals surface area contributed by atoms with Crippen molar-refractivity contribution in [3.05, 3.63) is 111 Å². The van der Waals surface area contributed by atoms with Gasteiger partial charge < -0.3 is 10.1 Å². The smallest absolute Gasteiger partial charge is 0.227 e. The first-order chi connectivity index (χ1) is 18.3. The number of carbonyl (C=O) groups is 1. The first kappa shape index (κ1) is 25.9. The first-order valence-corrected chi connectivity index (χ1v) is 13.2. The molecule has 0 aliphatic carbocycles. The van der Waals surface area contributed by atoms with Gasteiger partial charge in [-0.15, -0.1) is 5.10 Å². The molecule has 3 aromatic carbocycles. The SMILES string of the molecule is CC(=O)C1=C(C)Nc2nc(SCc3ccccc3F)nn2C1c1ccc(OCc2c(F)cccc2Cl)cc1. The Kier molecular flexibility index (Phi) is 7.49. The number of benzene rings is 3. The molecule has 0 spiro atoms. The molecule has 0 fully saturated rings. The summed E-state index contributed by atoms with van der Waals surface area (Å²) in [6.07, 6.45) is 0. The van der Waals surface area contributed by atoms with E-state index >= 15 is 0 Å². The van der Waals surface area contributed by atoms with E-state index in [1.54, 1.807) is 47.1 Å². The molecule has 2 heterocycles. The molecule has 0 amide bonds. The number of thioether (sulfide) groups is 1. The number of hydrogen-bond donors (Lipinski definition) is 1. The third kappa shape index (κ3) is 5.30. The van der Waals surface area contributed by atoms with Gasteiger partial charge in [0, 0.05) is 22.6 Å². The number of ether oxygens (including phenoxy) is 1. The maximum Gasteiger partial charge on any atom is 0.227 e. The highest BCUT2D eigenvalue weighted by atomic mass is 35.5. The Hall–Kier alpha value is -3.69. The predicted molar refractivity (Wildman–Crippen MR) is 143 cm³/mol. The van der Waals surface area contributed by atoms with Gasteiger partial charge in [0.05, 0.1) is 5.02 Å². The van der Waals surface area contributed by atoms with Crippen LogP contribution in [-0.2, 0) is 17.2 Å². The van der Waals surface area contributed by atoms with E-state index in [2.05, 4.69) is 15.4 Å². The molecule has 10 heteroatoms. The number of nitrogens with zero attached hydrogens (tertiary/aromatic N) is 3. The third-order valence-electron chi connectivity index (χ3n) is 6.17. The second-order valence-electron chi connectivity index (χ2n) is 8.72. The number of halogens is 3. The molecule has 0 radical (unpaired) electrons. The summed E-state index contributed by atoms with van der Waals surface area (Å²) in [6, 6.07) is 17.7. The summed E-state index contributed by atoms with van der Waals surface area (Å²) in [7, 11) is 0. The molecule has 6 nitrogen and oxygen atoms in total. The van der Waals surface area contributed by atoms with Crippen LogP contribution < -0.4 is 10.1 Å². The number of Topliss-reactive ketones (excluding diaryl/α,β-unsaturated/α-hetero) is 1. The van der Waals surface area contributed by atoms with E-state index in [1.807, 2.05) is 19.1 Å². The van der Waals surface area contributed by atoms with Crippen molar-refractivity contribution in [2.75, 3.05) is 5.32 Å². The lowest BCUT2D eigenvalue weighted by Gasteiger charge is -2.28. The molecule has 1 aromatic heterocycles. The van der Waals surface area contributed by atoms with Crippen molar-refractivity contribution in [3.8, 4) is 5.75 Å². The molecule has 0 bridgehead atoms. The second-order valence-corrected chi connectivity index (χ2v) is 10.1. The number of aromatic nitrogens is 3. The summed E-state index contributed by atoms with van der Waals surface area (Å²) in [5.41, 5.74) is 2.87. The van der Waals surface area contributed by atoms with Gasteiger partial charge in [-0.3, -0.25) is 4.79 Å². The lowest BCUT2D eigenvalue weighted by molar-refractivity contribution is -0.114. The van der Waals surface area contributed by atoms with Crippen LogP contribution >= 0.6 is 23.4 Å². The summed E-state index contributed by atoms with van der Waals surface area (Å²) < 4.78 is 35.6. The minimum atomic E-state index is -0.519. The molecule has 1 unspecified atom stereocenters. The quantitative estimate of drug-likeness (QED) is 0.238. The fraction of sp³-hybridized carbons (Fsp3) is 0.179. The molecule has 38 heavy (non-hydrogen) atoms. The van der Waals surface area contributed by atoms with Crippen LogP contribution in [0.15, 0.2) is 83.2 Å². The summed E-state index contributed by atoms with van der Waals surface area (Å²) in [4.78, 5) is 17.2. The Morgan fingerprint density at radius 3 is 2.53 bits per heavy atom. The molecular weight excluding hydrogens is 530 g/mol. The van der Waals surface area contributed by atoms with Crippen LogP contribution in [0.1, 0.15) is 36.6 Å². The van der Waals surface area contributed by atoms with E-state index in [0.717, 1.165) is 5.56 Å². The summed E-state index contributed by atoms with van der Waals surface area (Å²) in [6.45, 7) is 3.31. The standard InChI is InChI=1S/C28H23ClF2N4O2S/c1-16-25(17(2)36)26(18-10-12-20(13-11-18)37-14-21-22(29)7-5-9-24(21)31)35-27(32-16)33-28(34-35)38-15-19-6-3-4-8-23(19)30/h3-13,26H,14-15H2,1-2H3,(H,32,33,34). The van der Waals surface area contributed by atoms with Gasteiger partial charge in [-0.1, -0.05) is 59.8 Å². The number of allylic oxidation sites excluding steroid dienone is 2. The van der Waals surface area contributed by atoms with Crippen molar-refractivity contribution in [3.63, 3.8) is 0 Å². The highest BCUT2D eigenvalue weighted by Gasteiger charge is 2.32. The fourth-order valence-electron chi connectivity index (χ4n) is 4.29. The van der Waals surface area contributed by atoms with E-state index in [9.17, 15) is 13.6 Å². The maximum absolute atomic E-state index is 14.1. The Balaban J connectivity index is 1.40. The third-order valence-corrected chi connectivity index (χ3v) is 7.41. The van der Waals surface area contributed by atoms with Gasteiger partial charge in [-0.2, -0.15) is 4.98 Å². The van der Waals surface area contributed by atoms with Crippen LogP contribution in [0, 0.1) is 11.6 Å². The van der Waals surface area contributed by atoms with Crippen LogP contribution in [0.25, 0.3) is 0 Å². The summed E-state index contributed by atoms with van der Waals surface area (Å²) >= 11 is 7.41. The van der Waals surface area contributed by atoms with Crippen molar-refractivity contribution >= 4 is 35.1 Å². The number of hydrogen-bond acceptors (Lipinski definition) is 6. The summed E-state index contributed by atoms with van der Waals surface area (Å²) in [5.74, 6) is 0.561. The average Bonchev–Trinajstić information content (AvgIpc) is 3.29. The number of nitrogens with one attached hydrogen (secondary N) is 1. The van der Waals surface area contributed by atoms with E-state index in [-0.39, 0.29) is 23.8 Å². The van der Waals surface area contributed by atoms with E-state index in [4.69, 9.17) is 16.3 Å². The van der Waals surface area contributed by atoms with Crippen LogP contribution in [0.4, 0.5) is 14.7 Å². The maximum atomic E-state index is 14.1. The van der Waals surface area contributed by atoms with Crippen molar-refractivity contribution in [2.24, 2.45) is 0 Å². The van der Waals surface area contributed by atoms with Crippen LogP contribution in [0.2, 0.25) is 5.02 Å². The minimum absolute atomic E-state index is 0.0221. The molecular formula is C28H23ClF2N4O2S. The fourth-order valence-corrected chi connectivity index (χ4v) is 5.32. The summed E-state index contributed by atoms with van der Waals surface area (Å²) in [5, 5.41) is 8.57. The first-order valence-electron chi connectivity index (χ1n) is 11.8. The van der Waals surface area contributed by atoms with Gasteiger partial charge in [0.15, 0.2) is 5.78 Å². The largest absolute Gasteiger partial charge is 0.489 e. The molecule has 5 rings (SSSR count). The molecule has 1 aliphatic heterocycles. The number of fused-ring (bicyclic) bond motifs is 1. The van der Waals surface area contributed by atoms with Crippen LogP contribution in [0.5, 0.6) is 5.75 Å². The molecule has 1 aliphatic rings. The molecule has 4 aromatic rings. The molecule has 1 atom stereocenters. The lowest BCUT2D eigenvalue weighted by Crippen LogP contribution is -2.27. The van der Waals surface area contributed by atoms with E-state index < -0.39 is 11.9 Å². The number of carbonyl (C=O) groups excluding carboxylic acids is 1. The average molecular weight is 553 g/mol. The van der Waals surface area contributed by atoms with Crippen molar-refractivity contribution in [1.82, 2.24) is 14.8 Å². The zero-order chi connectivity index (χ0) is 26.8. The Morgan fingerprint density at radius 1 is 1.08 bits per heavy atom. The van der Waals surface area contributed by atoms with Gasteiger partial charge in [0.25, 0.3) is 0 Å². The molecule has 194 valence electrons. The Bertz CT molecular complexity index is 1520. The van der Waals surface area contributed by atoms with Crippen molar-refractivity contribution in [2.45, 2.75) is 37.4 Å². The van der Waals surface area contributed by atoms with E-state index in [0.29, 0.717) is 44.5 Å². The zero-order valence-corrected chi connectivity index (χ0v) is 22.1. The van der Waals surface area contributed by atoms with Crippen molar-refractivity contribution in [1.29, 1.82) is 0 Å². The van der Waals surface area contributed by atoms with Crippen LogP contribution in [0.3, 0.4) is 0 Å². The van der Waals surface area contributed by atoms with Crippen LogP contribution in [-0.4, -0.2) is 20.5 Å². The lowest BCUT2D eigenvalue weighted by atomic mass is 9.93. The monoisotopic (exact) mass is 552 g/mol. The van der Waals surface area contributed by atoms with Gasteiger partial charge in [-0.25, -0.2) is 13.5 Å². The Morgan fingerprint density at radius 2 is 1.82 bits per heavy atom. The number of ketones is 1.